The average molecular weight is 288 g/mol. The molecule has 0 spiro atoms. The largest absolute Gasteiger partial charge is 0.416 e. The van der Waals surface area contributed by atoms with Gasteiger partial charge in [-0.1, -0.05) is 18.2 Å². The molecular formula is C13H15F3N2S. The second kappa shape index (κ2) is 5.77. The molecule has 0 aromatic heterocycles. The van der Waals surface area contributed by atoms with E-state index >= 15 is 0 Å². The highest BCUT2D eigenvalue weighted by Crippen LogP contribution is 2.31. The second-order valence-corrected chi connectivity index (χ2v) is 4.99. The maximum atomic E-state index is 12.8. The van der Waals surface area contributed by atoms with Crippen LogP contribution >= 0.6 is 12.2 Å². The number of thiocarbonyl (C=S) groups is 1. The number of halogens is 3. The van der Waals surface area contributed by atoms with Crippen LogP contribution in [0.1, 0.15) is 24.0 Å². The summed E-state index contributed by atoms with van der Waals surface area (Å²) in [5, 5.41) is 6.54. The Kier molecular flexibility index (Phi) is 4.29. The lowest BCUT2D eigenvalue weighted by Crippen LogP contribution is -2.37. The standard InChI is InChI=1S/C13H15F3N2S/c14-13(15,16)11-4-2-1-3-9(11)7-8-17-12(19)18-10-5-6-10/h1-4,10H,5-8H2,(H2,17,18,19). The molecule has 2 N–H and O–H groups in total. The van der Waals surface area contributed by atoms with E-state index in [-0.39, 0.29) is 5.56 Å². The van der Waals surface area contributed by atoms with Gasteiger partial charge in [-0.2, -0.15) is 13.2 Å². The van der Waals surface area contributed by atoms with Crippen LogP contribution < -0.4 is 10.6 Å². The van der Waals surface area contributed by atoms with Gasteiger partial charge in [-0.05, 0) is 43.1 Å². The SMILES string of the molecule is FC(F)(F)c1ccccc1CCNC(=S)NC1CC1. The molecule has 1 aliphatic carbocycles. The minimum Gasteiger partial charge on any atom is -0.362 e. The summed E-state index contributed by atoms with van der Waals surface area (Å²) in [6, 6.07) is 6.07. The predicted octanol–water partition coefficient (Wildman–Crippen LogP) is 2.87. The fraction of sp³-hybridized carbons (Fsp3) is 0.462. The van der Waals surface area contributed by atoms with E-state index in [0.717, 1.165) is 18.9 Å². The van der Waals surface area contributed by atoms with Crippen molar-refractivity contribution in [3.8, 4) is 0 Å². The summed E-state index contributed by atoms with van der Waals surface area (Å²) in [6.45, 7) is 0.394. The summed E-state index contributed by atoms with van der Waals surface area (Å²) < 4.78 is 38.3. The summed E-state index contributed by atoms with van der Waals surface area (Å²) in [6.07, 6.45) is -1.79. The van der Waals surface area contributed by atoms with Crippen molar-refractivity contribution in [1.82, 2.24) is 10.6 Å². The summed E-state index contributed by atoms with van der Waals surface area (Å²) in [4.78, 5) is 0. The van der Waals surface area contributed by atoms with Crippen molar-refractivity contribution in [2.24, 2.45) is 0 Å². The molecule has 0 aliphatic heterocycles. The van der Waals surface area contributed by atoms with Crippen LogP contribution in [0.2, 0.25) is 0 Å². The van der Waals surface area contributed by atoms with Gasteiger partial charge in [-0.15, -0.1) is 0 Å². The van der Waals surface area contributed by atoms with Crippen LogP contribution in [0, 0.1) is 0 Å². The molecule has 0 saturated heterocycles. The van der Waals surface area contributed by atoms with Crippen LogP contribution in [-0.2, 0) is 12.6 Å². The molecule has 1 aromatic rings. The molecular weight excluding hydrogens is 273 g/mol. The number of alkyl halides is 3. The van der Waals surface area contributed by atoms with Gasteiger partial charge in [-0.3, -0.25) is 0 Å². The quantitative estimate of drug-likeness (QED) is 0.833. The highest BCUT2D eigenvalue weighted by atomic mass is 32.1. The summed E-state index contributed by atoms with van der Waals surface area (Å²) in [5.74, 6) is 0. The first-order valence-corrected chi connectivity index (χ1v) is 6.57. The van der Waals surface area contributed by atoms with Crippen LogP contribution in [0.25, 0.3) is 0 Å². The lowest BCUT2D eigenvalue weighted by atomic mass is 10.0. The van der Waals surface area contributed by atoms with Crippen LogP contribution in [0.3, 0.4) is 0 Å². The summed E-state index contributed by atoms with van der Waals surface area (Å²) >= 11 is 5.05. The van der Waals surface area contributed by atoms with E-state index in [1.807, 2.05) is 0 Å². The zero-order valence-electron chi connectivity index (χ0n) is 10.3. The molecule has 1 aromatic carbocycles. The molecule has 2 nitrogen and oxygen atoms in total. The number of rotatable bonds is 4. The number of nitrogens with one attached hydrogen (secondary N) is 2. The first-order valence-electron chi connectivity index (χ1n) is 6.16. The van der Waals surface area contributed by atoms with Gasteiger partial charge in [0.2, 0.25) is 0 Å². The molecule has 1 aliphatic rings. The van der Waals surface area contributed by atoms with Gasteiger partial charge in [0.15, 0.2) is 5.11 Å². The predicted molar refractivity (Wildman–Crippen MR) is 71.9 cm³/mol. The lowest BCUT2D eigenvalue weighted by Gasteiger charge is -2.14. The minimum atomic E-state index is -4.30. The maximum absolute atomic E-state index is 12.8. The third-order valence-corrected chi connectivity index (χ3v) is 3.18. The van der Waals surface area contributed by atoms with Gasteiger partial charge in [0.1, 0.15) is 0 Å². The molecule has 1 fully saturated rings. The Balaban J connectivity index is 1.86. The Morgan fingerprint density at radius 3 is 2.58 bits per heavy atom. The van der Waals surface area contributed by atoms with E-state index in [4.69, 9.17) is 12.2 Å². The van der Waals surface area contributed by atoms with Crippen LogP contribution in [0.15, 0.2) is 24.3 Å². The summed E-state index contributed by atoms with van der Waals surface area (Å²) in [7, 11) is 0. The van der Waals surface area contributed by atoms with E-state index in [1.54, 1.807) is 6.07 Å². The van der Waals surface area contributed by atoms with Gasteiger partial charge >= 0.3 is 6.18 Å². The lowest BCUT2D eigenvalue weighted by molar-refractivity contribution is -0.138. The van der Waals surface area contributed by atoms with E-state index < -0.39 is 11.7 Å². The number of benzene rings is 1. The van der Waals surface area contributed by atoms with E-state index in [2.05, 4.69) is 10.6 Å². The normalized spacial score (nSPS) is 15.1. The third-order valence-electron chi connectivity index (χ3n) is 2.92. The van der Waals surface area contributed by atoms with Crippen molar-refractivity contribution in [3.63, 3.8) is 0 Å². The second-order valence-electron chi connectivity index (χ2n) is 4.58. The van der Waals surface area contributed by atoms with Crippen LogP contribution in [-0.4, -0.2) is 17.7 Å². The highest BCUT2D eigenvalue weighted by Gasteiger charge is 2.32. The van der Waals surface area contributed by atoms with E-state index in [0.29, 0.717) is 24.1 Å². The molecule has 0 atom stereocenters. The molecule has 19 heavy (non-hydrogen) atoms. The molecule has 0 bridgehead atoms. The van der Waals surface area contributed by atoms with Crippen molar-refractivity contribution in [2.75, 3.05) is 6.54 Å². The number of hydrogen-bond acceptors (Lipinski definition) is 1. The fourth-order valence-corrected chi connectivity index (χ4v) is 2.06. The summed E-state index contributed by atoms with van der Waals surface area (Å²) in [5.41, 5.74) is -0.283. The Hall–Kier alpha value is -1.30. The van der Waals surface area contributed by atoms with Gasteiger partial charge in [-0.25, -0.2) is 0 Å². The third kappa shape index (κ3) is 4.38. The zero-order chi connectivity index (χ0) is 13.9. The smallest absolute Gasteiger partial charge is 0.362 e. The van der Waals surface area contributed by atoms with Crippen molar-refractivity contribution >= 4 is 17.3 Å². The molecule has 0 amide bonds. The van der Waals surface area contributed by atoms with Gasteiger partial charge in [0.05, 0.1) is 5.56 Å². The van der Waals surface area contributed by atoms with Gasteiger partial charge in [0.25, 0.3) is 0 Å². The van der Waals surface area contributed by atoms with Crippen molar-refractivity contribution in [2.45, 2.75) is 31.5 Å². The Labute approximate surface area is 115 Å². The van der Waals surface area contributed by atoms with Crippen molar-refractivity contribution in [3.05, 3.63) is 35.4 Å². The Morgan fingerprint density at radius 1 is 1.26 bits per heavy atom. The highest BCUT2D eigenvalue weighted by molar-refractivity contribution is 7.80. The van der Waals surface area contributed by atoms with Crippen molar-refractivity contribution in [1.29, 1.82) is 0 Å². The maximum Gasteiger partial charge on any atom is 0.416 e. The van der Waals surface area contributed by atoms with Gasteiger partial charge < -0.3 is 10.6 Å². The fourth-order valence-electron chi connectivity index (χ4n) is 1.79. The zero-order valence-corrected chi connectivity index (χ0v) is 11.1. The first kappa shape index (κ1) is 14.1. The molecule has 0 radical (unpaired) electrons. The molecule has 6 heteroatoms. The van der Waals surface area contributed by atoms with Gasteiger partial charge in [0, 0.05) is 12.6 Å². The van der Waals surface area contributed by atoms with E-state index in [1.165, 1.54) is 12.1 Å². The molecule has 1 saturated carbocycles. The topological polar surface area (TPSA) is 24.1 Å². The monoisotopic (exact) mass is 288 g/mol. The molecule has 0 unspecified atom stereocenters. The Morgan fingerprint density at radius 2 is 1.95 bits per heavy atom. The molecule has 2 rings (SSSR count). The van der Waals surface area contributed by atoms with Crippen LogP contribution in [0.4, 0.5) is 13.2 Å². The van der Waals surface area contributed by atoms with Crippen LogP contribution in [0.5, 0.6) is 0 Å². The molecule has 0 heterocycles. The number of hydrogen-bond donors (Lipinski definition) is 2. The minimum absolute atomic E-state index is 0.289. The van der Waals surface area contributed by atoms with E-state index in [9.17, 15) is 13.2 Å². The molecule has 104 valence electrons. The first-order chi connectivity index (χ1) is 8.97. The average Bonchev–Trinajstić information content (AvgIpc) is 3.12. The van der Waals surface area contributed by atoms with Crippen molar-refractivity contribution < 1.29 is 13.2 Å². The Bertz CT molecular complexity index is 455.